The number of rotatable bonds is 7. The number of hydrogen-bond donors (Lipinski definition) is 1. The van der Waals surface area contributed by atoms with Crippen molar-refractivity contribution >= 4 is 0 Å². The van der Waals surface area contributed by atoms with Crippen molar-refractivity contribution in [3.63, 3.8) is 0 Å². The molecule has 1 heterocycles. The highest BCUT2D eigenvalue weighted by Crippen LogP contribution is 2.14. The Hall–Kier alpha value is -1.01. The highest BCUT2D eigenvalue weighted by molar-refractivity contribution is 5.06. The van der Waals surface area contributed by atoms with Gasteiger partial charge in [0.1, 0.15) is 6.61 Å². The van der Waals surface area contributed by atoms with Gasteiger partial charge in [-0.3, -0.25) is 0 Å². The Kier molecular flexibility index (Phi) is 5.50. The Morgan fingerprint density at radius 2 is 2.18 bits per heavy atom. The number of halogens is 3. The molecule has 1 N–H and O–H groups in total. The molecule has 0 bridgehead atoms. The average molecular weight is 250 g/mol. The first kappa shape index (κ1) is 14.1. The minimum atomic E-state index is -4.25. The summed E-state index contributed by atoms with van der Waals surface area (Å²) in [7, 11) is 0. The number of hydrogen-bond acceptors (Lipinski definition) is 2. The number of nitrogens with zero attached hydrogens (tertiary/aromatic N) is 1. The summed E-state index contributed by atoms with van der Waals surface area (Å²) in [6, 6.07) is 3.81. The monoisotopic (exact) mass is 250 g/mol. The van der Waals surface area contributed by atoms with E-state index in [0.29, 0.717) is 13.1 Å². The molecule has 0 amide bonds. The largest absolute Gasteiger partial charge is 0.411 e. The van der Waals surface area contributed by atoms with Gasteiger partial charge < -0.3 is 14.6 Å². The van der Waals surface area contributed by atoms with Gasteiger partial charge in [-0.15, -0.1) is 0 Å². The highest BCUT2D eigenvalue weighted by atomic mass is 19.4. The van der Waals surface area contributed by atoms with Gasteiger partial charge in [0, 0.05) is 25.0 Å². The van der Waals surface area contributed by atoms with Crippen LogP contribution in [0.3, 0.4) is 0 Å². The van der Waals surface area contributed by atoms with Gasteiger partial charge in [0.25, 0.3) is 0 Å². The van der Waals surface area contributed by atoms with Gasteiger partial charge in [-0.25, -0.2) is 0 Å². The van der Waals surface area contributed by atoms with E-state index in [-0.39, 0.29) is 6.61 Å². The van der Waals surface area contributed by atoms with Crippen molar-refractivity contribution in [3.05, 3.63) is 24.0 Å². The summed E-state index contributed by atoms with van der Waals surface area (Å²) in [5.74, 6) is 0. The number of nitrogens with one attached hydrogen (secondary N) is 1. The first-order valence-electron chi connectivity index (χ1n) is 5.52. The van der Waals surface area contributed by atoms with Gasteiger partial charge in [-0.2, -0.15) is 13.2 Å². The predicted molar refractivity (Wildman–Crippen MR) is 58.7 cm³/mol. The van der Waals surface area contributed by atoms with Crippen LogP contribution < -0.4 is 5.32 Å². The third kappa shape index (κ3) is 5.74. The van der Waals surface area contributed by atoms with Crippen LogP contribution in [-0.4, -0.2) is 30.5 Å². The van der Waals surface area contributed by atoms with E-state index in [1.54, 1.807) is 0 Å². The van der Waals surface area contributed by atoms with Crippen LogP contribution in [0.25, 0.3) is 0 Å². The third-order valence-electron chi connectivity index (χ3n) is 2.22. The SMILES string of the molecule is CCNCc1cccn1CCOCC(F)(F)F. The molecular formula is C11H17F3N2O. The molecule has 1 aromatic heterocycles. The molecule has 0 aliphatic heterocycles. The minimum absolute atomic E-state index is 0.0628. The van der Waals surface area contributed by atoms with Crippen LogP contribution in [0.5, 0.6) is 0 Å². The van der Waals surface area contributed by atoms with Gasteiger partial charge >= 0.3 is 6.18 Å². The maximum Gasteiger partial charge on any atom is 0.411 e. The molecule has 0 radical (unpaired) electrons. The Bertz CT molecular complexity index is 323. The Morgan fingerprint density at radius 3 is 2.82 bits per heavy atom. The van der Waals surface area contributed by atoms with E-state index in [1.165, 1.54) is 0 Å². The van der Waals surface area contributed by atoms with Crippen molar-refractivity contribution in [3.8, 4) is 0 Å². The molecule has 1 rings (SSSR count). The Morgan fingerprint density at radius 1 is 1.41 bits per heavy atom. The zero-order chi connectivity index (χ0) is 12.7. The molecule has 6 heteroatoms. The topological polar surface area (TPSA) is 26.2 Å². The first-order valence-corrected chi connectivity index (χ1v) is 5.52. The zero-order valence-corrected chi connectivity index (χ0v) is 9.76. The van der Waals surface area contributed by atoms with Crippen molar-refractivity contribution < 1.29 is 17.9 Å². The van der Waals surface area contributed by atoms with E-state index in [1.807, 2.05) is 29.8 Å². The smallest absolute Gasteiger partial charge is 0.370 e. The third-order valence-corrected chi connectivity index (χ3v) is 2.22. The molecular weight excluding hydrogens is 233 g/mol. The van der Waals surface area contributed by atoms with Crippen molar-refractivity contribution in [1.29, 1.82) is 0 Å². The van der Waals surface area contributed by atoms with Crippen molar-refractivity contribution in [2.75, 3.05) is 19.8 Å². The van der Waals surface area contributed by atoms with Crippen LogP contribution in [0.1, 0.15) is 12.6 Å². The van der Waals surface area contributed by atoms with Crippen LogP contribution >= 0.6 is 0 Å². The van der Waals surface area contributed by atoms with E-state index >= 15 is 0 Å². The second-order valence-corrected chi connectivity index (χ2v) is 3.64. The van der Waals surface area contributed by atoms with Crippen molar-refractivity contribution in [2.24, 2.45) is 0 Å². The lowest BCUT2D eigenvalue weighted by Crippen LogP contribution is -2.20. The maximum absolute atomic E-state index is 11.8. The number of ether oxygens (including phenoxy) is 1. The predicted octanol–water partition coefficient (Wildman–Crippen LogP) is 2.18. The number of aromatic nitrogens is 1. The molecule has 17 heavy (non-hydrogen) atoms. The molecule has 0 aromatic carbocycles. The quantitative estimate of drug-likeness (QED) is 0.751. The first-order chi connectivity index (χ1) is 8.03. The van der Waals surface area contributed by atoms with Crippen LogP contribution in [0.2, 0.25) is 0 Å². The molecule has 0 saturated carbocycles. The van der Waals surface area contributed by atoms with Gasteiger partial charge in [0.05, 0.1) is 6.61 Å². The van der Waals surface area contributed by atoms with Gasteiger partial charge in [-0.1, -0.05) is 6.92 Å². The van der Waals surface area contributed by atoms with E-state index in [9.17, 15) is 13.2 Å². The lowest BCUT2D eigenvalue weighted by atomic mass is 10.4. The molecule has 98 valence electrons. The number of alkyl halides is 3. The summed E-state index contributed by atoms with van der Waals surface area (Å²) in [4.78, 5) is 0. The summed E-state index contributed by atoms with van der Waals surface area (Å²) in [6.07, 6.45) is -2.41. The fraction of sp³-hybridized carbons (Fsp3) is 0.636. The molecule has 0 spiro atoms. The van der Waals surface area contributed by atoms with Crippen LogP contribution in [0, 0.1) is 0 Å². The molecule has 0 aliphatic carbocycles. The lowest BCUT2D eigenvalue weighted by molar-refractivity contribution is -0.174. The van der Waals surface area contributed by atoms with Crippen molar-refractivity contribution in [1.82, 2.24) is 9.88 Å². The molecule has 1 aromatic rings. The summed E-state index contributed by atoms with van der Waals surface area (Å²) >= 11 is 0. The van der Waals surface area contributed by atoms with Crippen LogP contribution in [0.15, 0.2) is 18.3 Å². The van der Waals surface area contributed by atoms with E-state index in [0.717, 1.165) is 12.2 Å². The Balaban J connectivity index is 2.29. The van der Waals surface area contributed by atoms with Crippen molar-refractivity contribution in [2.45, 2.75) is 26.2 Å². The summed E-state index contributed by atoms with van der Waals surface area (Å²) in [6.45, 7) is 2.88. The van der Waals surface area contributed by atoms with E-state index in [2.05, 4.69) is 10.1 Å². The maximum atomic E-state index is 11.8. The molecule has 0 saturated heterocycles. The Labute approximate surface area is 98.6 Å². The van der Waals surface area contributed by atoms with Crippen LogP contribution in [0.4, 0.5) is 13.2 Å². The average Bonchev–Trinajstić information content (AvgIpc) is 2.67. The molecule has 0 unspecified atom stereocenters. The molecule has 0 aliphatic rings. The fourth-order valence-corrected chi connectivity index (χ4v) is 1.43. The second-order valence-electron chi connectivity index (χ2n) is 3.64. The minimum Gasteiger partial charge on any atom is -0.370 e. The fourth-order valence-electron chi connectivity index (χ4n) is 1.43. The summed E-state index contributed by atoms with van der Waals surface area (Å²) < 4.78 is 41.9. The van der Waals surface area contributed by atoms with Gasteiger partial charge in [0.15, 0.2) is 0 Å². The highest BCUT2D eigenvalue weighted by Gasteiger charge is 2.27. The van der Waals surface area contributed by atoms with Crippen LogP contribution in [-0.2, 0) is 17.8 Å². The van der Waals surface area contributed by atoms with E-state index in [4.69, 9.17) is 0 Å². The van der Waals surface area contributed by atoms with Gasteiger partial charge in [-0.05, 0) is 18.7 Å². The second kappa shape index (κ2) is 6.66. The normalized spacial score (nSPS) is 12.0. The van der Waals surface area contributed by atoms with Gasteiger partial charge in [0.2, 0.25) is 0 Å². The molecule has 0 atom stereocenters. The standard InChI is InChI=1S/C11H17F3N2O/c1-2-15-8-10-4-3-5-16(10)6-7-17-9-11(12,13)14/h3-5,15H,2,6-9H2,1H3. The zero-order valence-electron chi connectivity index (χ0n) is 9.76. The molecule has 3 nitrogen and oxygen atoms in total. The lowest BCUT2D eigenvalue weighted by Gasteiger charge is -2.11. The summed E-state index contributed by atoms with van der Waals surface area (Å²) in [5.41, 5.74) is 1.04. The summed E-state index contributed by atoms with van der Waals surface area (Å²) in [5, 5.41) is 3.16. The molecule has 0 fully saturated rings. The van der Waals surface area contributed by atoms with E-state index < -0.39 is 12.8 Å².